The number of hydrogen-bond acceptors (Lipinski definition) is 15. The highest BCUT2D eigenvalue weighted by atomic mass is 16.6. The van der Waals surface area contributed by atoms with E-state index in [1.165, 1.54) is 0 Å². The lowest BCUT2D eigenvalue weighted by molar-refractivity contribution is -0.170. The lowest BCUT2D eigenvalue weighted by Crippen LogP contribution is -2.42. The van der Waals surface area contributed by atoms with Gasteiger partial charge in [-0.1, -0.05) is 67.2 Å². The molecule has 2 heterocycles. The molecule has 19 nitrogen and oxygen atoms in total. The third-order valence-corrected chi connectivity index (χ3v) is 8.93. The molecule has 0 aliphatic carbocycles. The second-order valence-corrected chi connectivity index (χ2v) is 17.3. The van der Waals surface area contributed by atoms with Crippen LogP contribution in [0.15, 0.2) is 0 Å². The van der Waals surface area contributed by atoms with Crippen LogP contribution < -0.4 is 28.3 Å². The molecule has 1 amide bonds. The number of amides is 1. The minimum Gasteiger partial charge on any atom is -0.481 e. The number of carboxylic acids is 3. The summed E-state index contributed by atoms with van der Waals surface area (Å²) in [4.78, 5) is 99.0. The van der Waals surface area contributed by atoms with Crippen molar-refractivity contribution in [1.82, 2.24) is 5.32 Å². The summed E-state index contributed by atoms with van der Waals surface area (Å²) in [6.45, 7) is 12.0. The molecule has 0 radical (unpaired) electrons. The molecule has 0 aromatic heterocycles. The van der Waals surface area contributed by atoms with E-state index in [0.29, 0.717) is 77.3 Å². The Hall–Kier alpha value is -4.33. The molecular weight excluding hydrogens is 774 g/mol. The maximum atomic E-state index is 12.1. The first kappa shape index (κ1) is 56.8. The largest absolute Gasteiger partial charge is 0.481 e. The number of Topliss-reactive ketones (excluding diaryl/α,β-unsaturated/α-hetero) is 1. The van der Waals surface area contributed by atoms with Crippen molar-refractivity contribution < 1.29 is 67.9 Å². The van der Waals surface area contributed by atoms with Crippen molar-refractivity contribution in [3.05, 3.63) is 0 Å². The van der Waals surface area contributed by atoms with Crippen molar-refractivity contribution in [3.63, 3.8) is 0 Å². The molecule has 2 rings (SSSR count). The fourth-order valence-electron chi connectivity index (χ4n) is 5.81. The second kappa shape index (κ2) is 29.0. The van der Waals surface area contributed by atoms with E-state index in [-0.39, 0.29) is 35.9 Å². The SMILES string of the molecule is CC(C)(CC(=O)O)CC(=O)NC(CCCCCC(=O)C(N)CCCCN)C(=O)O.CC1(C)CC(=O)OC(=O)C1.CC1(C)CC(=O)OC(=O)C1.NCCCCC(N)C(=O)O. The quantitative estimate of drug-likeness (QED) is 0.0441. The van der Waals surface area contributed by atoms with Crippen LogP contribution in [0.25, 0.3) is 0 Å². The van der Waals surface area contributed by atoms with Crippen LogP contribution in [0.4, 0.5) is 0 Å². The summed E-state index contributed by atoms with van der Waals surface area (Å²) in [6, 6.07) is -2.22. The Labute approximate surface area is 347 Å². The average Bonchev–Trinajstić information content (AvgIpc) is 3.05. The fraction of sp³-hybridized carbons (Fsp3) is 0.775. The maximum absolute atomic E-state index is 12.1. The van der Waals surface area contributed by atoms with Gasteiger partial charge in [0.2, 0.25) is 5.91 Å². The number of carbonyl (C=O) groups excluding carboxylic acids is 6. The lowest BCUT2D eigenvalue weighted by atomic mass is 9.84. The monoisotopic (exact) mass is 845 g/mol. The molecule has 0 saturated carbocycles. The Bertz CT molecular complexity index is 1320. The molecule has 2 saturated heterocycles. The van der Waals surface area contributed by atoms with Gasteiger partial charge >= 0.3 is 41.8 Å². The van der Waals surface area contributed by atoms with Crippen molar-refractivity contribution >= 4 is 53.5 Å². The lowest BCUT2D eigenvalue weighted by Gasteiger charge is -2.25. The molecule has 59 heavy (non-hydrogen) atoms. The molecule has 3 unspecified atom stereocenters. The number of nitrogens with one attached hydrogen (secondary N) is 1. The maximum Gasteiger partial charge on any atom is 0.326 e. The Morgan fingerprint density at radius 1 is 0.627 bits per heavy atom. The molecule has 2 fully saturated rings. The minimum atomic E-state index is -1.13. The molecule has 2 aliphatic heterocycles. The van der Waals surface area contributed by atoms with Gasteiger partial charge in [0.15, 0.2) is 0 Å². The molecule has 0 aromatic carbocycles. The number of carboxylic acid groups (broad SMARTS) is 3. The van der Waals surface area contributed by atoms with Gasteiger partial charge in [-0.2, -0.15) is 0 Å². The van der Waals surface area contributed by atoms with Gasteiger partial charge in [-0.3, -0.25) is 38.4 Å². The van der Waals surface area contributed by atoms with Gasteiger partial charge in [-0.15, -0.1) is 0 Å². The van der Waals surface area contributed by atoms with E-state index in [0.717, 1.165) is 25.7 Å². The van der Waals surface area contributed by atoms with E-state index in [4.69, 9.17) is 33.1 Å². The highest BCUT2D eigenvalue weighted by molar-refractivity contribution is 5.89. The van der Waals surface area contributed by atoms with Crippen LogP contribution >= 0.6 is 0 Å². The normalized spacial score (nSPS) is 17.1. The molecule has 3 atom stereocenters. The minimum absolute atomic E-state index is 0.00534. The van der Waals surface area contributed by atoms with Crippen molar-refractivity contribution in [2.24, 2.45) is 39.2 Å². The number of unbranched alkanes of at least 4 members (excludes halogenated alkanes) is 4. The molecule has 2 aliphatic rings. The summed E-state index contributed by atoms with van der Waals surface area (Å²) in [6.07, 6.45) is 8.03. The van der Waals surface area contributed by atoms with Gasteiger partial charge in [0.1, 0.15) is 17.9 Å². The van der Waals surface area contributed by atoms with Gasteiger partial charge in [0, 0.05) is 12.8 Å². The second-order valence-electron chi connectivity index (χ2n) is 17.3. The van der Waals surface area contributed by atoms with Gasteiger partial charge in [-0.05, 0) is 67.9 Å². The first-order valence-electron chi connectivity index (χ1n) is 20.0. The number of ketones is 1. The first-order valence-corrected chi connectivity index (χ1v) is 20.0. The van der Waals surface area contributed by atoms with Crippen molar-refractivity contribution in [2.75, 3.05) is 13.1 Å². The van der Waals surface area contributed by atoms with E-state index >= 15 is 0 Å². The van der Waals surface area contributed by atoms with Crippen molar-refractivity contribution in [3.8, 4) is 0 Å². The molecule has 0 spiro atoms. The first-order chi connectivity index (χ1) is 27.2. The highest BCUT2D eigenvalue weighted by Crippen LogP contribution is 2.30. The summed E-state index contributed by atoms with van der Waals surface area (Å²) in [5.74, 6) is -5.16. The number of aliphatic carboxylic acids is 3. The van der Waals surface area contributed by atoms with Crippen molar-refractivity contribution in [1.29, 1.82) is 0 Å². The van der Waals surface area contributed by atoms with E-state index in [1.54, 1.807) is 13.8 Å². The van der Waals surface area contributed by atoms with Gasteiger partial charge in [0.05, 0.1) is 38.1 Å². The number of carbonyl (C=O) groups is 9. The Balaban J connectivity index is 0. The number of ether oxygens (including phenoxy) is 2. The topological polar surface area (TPSA) is 349 Å². The number of cyclic esters (lactones) is 4. The number of rotatable bonds is 22. The van der Waals surface area contributed by atoms with E-state index < -0.39 is 71.2 Å². The average molecular weight is 846 g/mol. The number of esters is 4. The van der Waals surface area contributed by atoms with E-state index in [1.807, 2.05) is 27.7 Å². The highest BCUT2D eigenvalue weighted by Gasteiger charge is 2.34. The Morgan fingerprint density at radius 2 is 1.03 bits per heavy atom. The number of hydrogen-bond donors (Lipinski definition) is 8. The molecule has 19 heteroatoms. The smallest absolute Gasteiger partial charge is 0.326 e. The predicted octanol–water partition coefficient (Wildman–Crippen LogP) is 2.70. The zero-order valence-electron chi connectivity index (χ0n) is 35.8. The third kappa shape index (κ3) is 31.3. The molecule has 0 aromatic rings. The summed E-state index contributed by atoms with van der Waals surface area (Å²) in [5, 5.41) is 28.9. The van der Waals surface area contributed by atoms with Crippen LogP contribution in [0.2, 0.25) is 0 Å². The van der Waals surface area contributed by atoms with Crippen LogP contribution in [-0.4, -0.2) is 100 Å². The standard InChI is InChI=1S/C20H37N3O6.2C7H10O3.C6H14N2O2/c1-20(2,13-18(26)27)12-17(25)23-15(19(28)29)9-4-3-5-10-16(24)14(22)8-6-7-11-21;2*1-7(2)3-5(8)10-6(9)4-7;7-4-2-1-3-5(8)6(9)10/h14-15H,3-13,21-22H2,1-2H3,(H,23,25)(H,26,27)(H,28,29);2*3-4H2,1-2H3;5H,1-4,7-8H2,(H,9,10). The molecule has 0 bridgehead atoms. The Morgan fingerprint density at radius 3 is 1.39 bits per heavy atom. The zero-order chi connectivity index (χ0) is 46.0. The van der Waals surface area contributed by atoms with Crippen LogP contribution in [0.1, 0.15) is 151 Å². The number of nitrogens with two attached hydrogens (primary N) is 4. The van der Waals surface area contributed by atoms with E-state index in [2.05, 4.69) is 14.8 Å². The third-order valence-electron chi connectivity index (χ3n) is 8.93. The van der Waals surface area contributed by atoms with Crippen LogP contribution in [-0.2, 0) is 52.6 Å². The van der Waals surface area contributed by atoms with Crippen LogP contribution in [0.3, 0.4) is 0 Å². The van der Waals surface area contributed by atoms with E-state index in [9.17, 15) is 48.3 Å². The summed E-state index contributed by atoms with van der Waals surface area (Å²) >= 11 is 0. The van der Waals surface area contributed by atoms with Crippen molar-refractivity contribution in [2.45, 2.75) is 169 Å². The predicted molar refractivity (Wildman–Crippen MR) is 216 cm³/mol. The van der Waals surface area contributed by atoms with Gasteiger partial charge in [0.25, 0.3) is 0 Å². The zero-order valence-corrected chi connectivity index (χ0v) is 35.8. The molecule has 340 valence electrons. The molecule has 12 N–H and O–H groups in total. The van der Waals surface area contributed by atoms with Gasteiger partial charge < -0.3 is 53.0 Å². The van der Waals surface area contributed by atoms with Crippen LogP contribution in [0, 0.1) is 16.2 Å². The Kier molecular flexibility index (Phi) is 27.9. The summed E-state index contributed by atoms with van der Waals surface area (Å²) < 4.78 is 8.69. The van der Waals surface area contributed by atoms with Gasteiger partial charge in [-0.25, -0.2) is 4.79 Å². The summed E-state index contributed by atoms with van der Waals surface area (Å²) in [5.41, 5.74) is 20.5. The molecular formula is C40H71N5O14. The van der Waals surface area contributed by atoms with Crippen LogP contribution in [0.5, 0.6) is 0 Å². The summed E-state index contributed by atoms with van der Waals surface area (Å²) in [7, 11) is 0. The fourth-order valence-corrected chi connectivity index (χ4v) is 5.81.